The van der Waals surface area contributed by atoms with Crippen molar-refractivity contribution in [2.24, 2.45) is 0 Å². The summed E-state index contributed by atoms with van der Waals surface area (Å²) >= 11 is 0. The van der Waals surface area contributed by atoms with Crippen molar-refractivity contribution in [3.05, 3.63) is 59.8 Å². The standard InChI is InChI=1S/C21H20N2O6/c1-26-17-7-12(8-18(27-2)21(17)25)20(23-19-5-3-4-6-22-19)13-9-15-16(10-14(13)24)29-11-28-15/h3-10,20,24-25H,11H2,1-2H3,(H,22,23)/p+1/t20-/m0/s1. The first kappa shape index (κ1) is 18.5. The van der Waals surface area contributed by atoms with Gasteiger partial charge in [-0.05, 0) is 24.3 Å². The SMILES string of the molecule is COc1cc([C@H](Nc2cccc[nH+]2)c2cc3c(cc2O)OCO3)cc(OC)c1O. The van der Waals surface area contributed by atoms with Crippen molar-refractivity contribution in [1.29, 1.82) is 0 Å². The zero-order chi connectivity index (χ0) is 20.4. The number of aromatic nitrogens is 1. The Kier molecular flexibility index (Phi) is 4.90. The van der Waals surface area contributed by atoms with E-state index in [9.17, 15) is 10.2 Å². The molecule has 2 heterocycles. The fraction of sp³-hybridized carbons (Fsp3) is 0.190. The van der Waals surface area contributed by atoms with E-state index in [0.717, 1.165) is 5.82 Å². The Balaban J connectivity index is 1.86. The molecule has 0 unspecified atom stereocenters. The molecule has 1 aliphatic rings. The molecule has 4 N–H and O–H groups in total. The van der Waals surface area contributed by atoms with Crippen LogP contribution < -0.4 is 29.2 Å². The van der Waals surface area contributed by atoms with Gasteiger partial charge in [-0.2, -0.15) is 0 Å². The zero-order valence-electron chi connectivity index (χ0n) is 15.9. The van der Waals surface area contributed by atoms with Crippen molar-refractivity contribution < 1.29 is 34.1 Å². The Morgan fingerprint density at radius 1 is 1.00 bits per heavy atom. The van der Waals surface area contributed by atoms with E-state index >= 15 is 0 Å². The van der Waals surface area contributed by atoms with Crippen LogP contribution in [0.15, 0.2) is 48.7 Å². The lowest BCUT2D eigenvalue weighted by Crippen LogP contribution is -2.19. The van der Waals surface area contributed by atoms with Gasteiger partial charge in [-0.15, -0.1) is 0 Å². The minimum absolute atomic E-state index is 0.0358. The van der Waals surface area contributed by atoms with E-state index in [2.05, 4.69) is 10.3 Å². The van der Waals surface area contributed by atoms with Crippen molar-refractivity contribution >= 4 is 5.82 Å². The Morgan fingerprint density at radius 3 is 2.31 bits per heavy atom. The number of rotatable bonds is 6. The summed E-state index contributed by atoms with van der Waals surface area (Å²) < 4.78 is 21.4. The number of phenols is 2. The number of aromatic amines is 1. The number of benzene rings is 2. The lowest BCUT2D eigenvalue weighted by molar-refractivity contribution is -0.361. The number of H-pyrrole nitrogens is 1. The van der Waals surface area contributed by atoms with Gasteiger partial charge in [0.05, 0.1) is 20.4 Å². The minimum atomic E-state index is -0.522. The van der Waals surface area contributed by atoms with Crippen LogP contribution in [0.3, 0.4) is 0 Å². The van der Waals surface area contributed by atoms with Gasteiger partial charge in [-0.1, -0.05) is 6.07 Å². The lowest BCUT2D eigenvalue weighted by atomic mass is 9.96. The topological polar surface area (TPSA) is 104 Å². The van der Waals surface area contributed by atoms with Gasteiger partial charge in [-0.25, -0.2) is 4.98 Å². The Morgan fingerprint density at radius 2 is 1.69 bits per heavy atom. The molecule has 8 heteroatoms. The molecule has 29 heavy (non-hydrogen) atoms. The first-order valence-corrected chi connectivity index (χ1v) is 8.91. The first-order chi connectivity index (χ1) is 14.1. The van der Waals surface area contributed by atoms with E-state index in [-0.39, 0.29) is 29.8 Å². The van der Waals surface area contributed by atoms with E-state index in [1.54, 1.807) is 24.4 Å². The summed E-state index contributed by atoms with van der Waals surface area (Å²) in [6.07, 6.45) is 1.79. The molecule has 1 atom stereocenters. The molecule has 0 fully saturated rings. The van der Waals surface area contributed by atoms with Gasteiger partial charge in [0.25, 0.3) is 5.82 Å². The van der Waals surface area contributed by atoms with Crippen LogP contribution in [0.25, 0.3) is 0 Å². The minimum Gasteiger partial charge on any atom is -0.507 e. The predicted octanol–water partition coefficient (Wildman–Crippen LogP) is 2.86. The van der Waals surface area contributed by atoms with Crippen molar-refractivity contribution in [3.63, 3.8) is 0 Å². The van der Waals surface area contributed by atoms with E-state index in [1.807, 2.05) is 18.2 Å². The van der Waals surface area contributed by atoms with Crippen molar-refractivity contribution in [1.82, 2.24) is 0 Å². The third kappa shape index (κ3) is 3.52. The van der Waals surface area contributed by atoms with Crippen LogP contribution in [0.2, 0.25) is 0 Å². The summed E-state index contributed by atoms with van der Waals surface area (Å²) in [5, 5.41) is 24.3. The summed E-state index contributed by atoms with van der Waals surface area (Å²) in [5.74, 6) is 2.19. The second kappa shape index (κ2) is 7.67. The molecule has 8 nitrogen and oxygen atoms in total. The monoisotopic (exact) mass is 397 g/mol. The molecule has 0 saturated carbocycles. The molecule has 0 radical (unpaired) electrons. The van der Waals surface area contributed by atoms with Gasteiger partial charge < -0.3 is 29.2 Å². The number of hydrogen-bond donors (Lipinski definition) is 3. The highest BCUT2D eigenvalue weighted by atomic mass is 16.7. The van der Waals surface area contributed by atoms with Crippen LogP contribution in [0.1, 0.15) is 17.2 Å². The van der Waals surface area contributed by atoms with Crippen LogP contribution in [0.5, 0.6) is 34.5 Å². The van der Waals surface area contributed by atoms with Gasteiger partial charge >= 0.3 is 0 Å². The maximum absolute atomic E-state index is 10.7. The number of nitrogens with one attached hydrogen (secondary N) is 2. The summed E-state index contributed by atoms with van der Waals surface area (Å²) in [6, 6.07) is 11.7. The molecule has 0 bridgehead atoms. The Bertz CT molecular complexity index is 1000. The molecule has 3 aromatic rings. The Hall–Kier alpha value is -3.81. The number of phenolic OH excluding ortho intramolecular Hbond substituents is 2. The van der Waals surface area contributed by atoms with E-state index in [0.29, 0.717) is 22.6 Å². The number of aromatic hydroxyl groups is 2. The molecule has 0 spiro atoms. The highest BCUT2D eigenvalue weighted by Gasteiger charge is 2.28. The third-order valence-electron chi connectivity index (χ3n) is 4.68. The number of hydrogen-bond acceptors (Lipinski definition) is 7. The summed E-state index contributed by atoms with van der Waals surface area (Å²) in [7, 11) is 2.92. The number of fused-ring (bicyclic) bond motifs is 1. The van der Waals surface area contributed by atoms with Gasteiger partial charge in [0.1, 0.15) is 11.8 Å². The molecular weight excluding hydrogens is 376 g/mol. The number of ether oxygens (including phenoxy) is 4. The fourth-order valence-corrected chi connectivity index (χ4v) is 3.24. The van der Waals surface area contributed by atoms with Crippen molar-refractivity contribution in [2.45, 2.75) is 6.04 Å². The first-order valence-electron chi connectivity index (χ1n) is 8.91. The third-order valence-corrected chi connectivity index (χ3v) is 4.68. The lowest BCUT2D eigenvalue weighted by Gasteiger charge is -2.19. The number of methoxy groups -OCH3 is 2. The number of pyridine rings is 1. The normalized spacial score (nSPS) is 13.0. The van der Waals surface area contributed by atoms with Gasteiger partial charge in [0, 0.05) is 23.3 Å². The molecule has 150 valence electrons. The van der Waals surface area contributed by atoms with Crippen molar-refractivity contribution in [2.75, 3.05) is 26.3 Å². The second-order valence-corrected chi connectivity index (χ2v) is 6.39. The highest BCUT2D eigenvalue weighted by Crippen LogP contribution is 2.45. The number of anilines is 1. The van der Waals surface area contributed by atoms with Crippen molar-refractivity contribution in [3.8, 4) is 34.5 Å². The molecule has 1 aliphatic heterocycles. The predicted molar refractivity (Wildman–Crippen MR) is 104 cm³/mol. The van der Waals surface area contributed by atoms with Crippen LogP contribution in [-0.2, 0) is 0 Å². The van der Waals surface area contributed by atoms with Gasteiger partial charge in [0.2, 0.25) is 12.5 Å². The maximum atomic E-state index is 10.7. The largest absolute Gasteiger partial charge is 0.507 e. The summed E-state index contributed by atoms with van der Waals surface area (Å²) in [5.41, 5.74) is 1.25. The van der Waals surface area contributed by atoms with E-state index in [4.69, 9.17) is 18.9 Å². The molecule has 4 rings (SSSR count). The fourth-order valence-electron chi connectivity index (χ4n) is 3.24. The van der Waals surface area contributed by atoms with Crippen LogP contribution in [0, 0.1) is 0 Å². The quantitative estimate of drug-likeness (QED) is 0.588. The molecule has 2 aromatic carbocycles. The Labute approximate surface area is 167 Å². The zero-order valence-corrected chi connectivity index (χ0v) is 15.9. The average molecular weight is 397 g/mol. The van der Waals surface area contributed by atoms with Gasteiger partial charge in [0.15, 0.2) is 23.0 Å². The molecule has 0 saturated heterocycles. The van der Waals surface area contributed by atoms with E-state index < -0.39 is 6.04 Å². The molecule has 0 aliphatic carbocycles. The molecule has 1 aromatic heterocycles. The highest BCUT2D eigenvalue weighted by molar-refractivity contribution is 5.60. The van der Waals surface area contributed by atoms with Gasteiger partial charge in [-0.3, -0.25) is 5.32 Å². The van der Waals surface area contributed by atoms with Crippen LogP contribution in [-0.4, -0.2) is 31.2 Å². The van der Waals surface area contributed by atoms with Crippen LogP contribution in [0.4, 0.5) is 5.82 Å². The summed E-state index contributed by atoms with van der Waals surface area (Å²) in [4.78, 5) is 3.12. The summed E-state index contributed by atoms with van der Waals surface area (Å²) in [6.45, 7) is 0.101. The molecule has 0 amide bonds. The maximum Gasteiger partial charge on any atom is 0.272 e. The van der Waals surface area contributed by atoms with Crippen LogP contribution >= 0.6 is 0 Å². The smallest absolute Gasteiger partial charge is 0.272 e. The van der Waals surface area contributed by atoms with E-state index in [1.165, 1.54) is 20.3 Å². The molecular formula is C21H21N2O6+. The average Bonchev–Trinajstić information content (AvgIpc) is 3.20. The second-order valence-electron chi connectivity index (χ2n) is 6.39.